The van der Waals surface area contributed by atoms with Crippen molar-refractivity contribution in [3.63, 3.8) is 0 Å². The Morgan fingerprint density at radius 2 is 1.76 bits per heavy atom. The lowest BCUT2D eigenvalue weighted by Gasteiger charge is -2.19. The van der Waals surface area contributed by atoms with Crippen molar-refractivity contribution in [3.8, 4) is 5.75 Å². The summed E-state index contributed by atoms with van der Waals surface area (Å²) < 4.78 is 7.68. The van der Waals surface area contributed by atoms with Crippen LogP contribution in [0.1, 0.15) is 28.9 Å². The molecule has 4 rings (SSSR count). The van der Waals surface area contributed by atoms with E-state index in [-0.39, 0.29) is 25.0 Å². The molecule has 7 heteroatoms. The number of likely N-dealkylation sites (N-methyl/N-ethyl adjacent to an activating group) is 1. The summed E-state index contributed by atoms with van der Waals surface area (Å²) in [6.07, 6.45) is 1.34. The van der Waals surface area contributed by atoms with E-state index >= 15 is 0 Å². The van der Waals surface area contributed by atoms with Gasteiger partial charge in [-0.1, -0.05) is 54.6 Å². The van der Waals surface area contributed by atoms with Crippen LogP contribution in [0.5, 0.6) is 5.75 Å². The van der Waals surface area contributed by atoms with Gasteiger partial charge in [0.25, 0.3) is 5.91 Å². The number of nitrogens with one attached hydrogen (secondary N) is 1. The van der Waals surface area contributed by atoms with E-state index < -0.39 is 0 Å². The molecule has 0 saturated carbocycles. The number of benzene rings is 3. The van der Waals surface area contributed by atoms with Crippen LogP contribution in [0.25, 0.3) is 11.0 Å². The third-order valence-electron chi connectivity index (χ3n) is 6.32. The number of hydrogen-bond acceptors (Lipinski definition) is 4. The Morgan fingerprint density at radius 3 is 2.57 bits per heavy atom. The molecule has 1 heterocycles. The number of ether oxygens (including phenoxy) is 1. The van der Waals surface area contributed by atoms with Gasteiger partial charge in [0.15, 0.2) is 6.61 Å². The van der Waals surface area contributed by atoms with Crippen molar-refractivity contribution in [3.05, 3.63) is 95.3 Å². The van der Waals surface area contributed by atoms with Crippen molar-refractivity contribution < 1.29 is 14.3 Å². The molecule has 0 bridgehead atoms. The van der Waals surface area contributed by atoms with Crippen LogP contribution in [0.3, 0.4) is 0 Å². The van der Waals surface area contributed by atoms with Gasteiger partial charge in [0.1, 0.15) is 18.1 Å². The summed E-state index contributed by atoms with van der Waals surface area (Å²) in [6, 6.07) is 23.7. The Kier molecular flexibility index (Phi) is 8.56. The fourth-order valence-corrected chi connectivity index (χ4v) is 4.23. The number of fused-ring (bicyclic) bond motifs is 1. The number of aryl methyl sites for hydroxylation is 3. The molecule has 0 spiro atoms. The second-order valence-corrected chi connectivity index (χ2v) is 9.35. The first-order valence-corrected chi connectivity index (χ1v) is 12.6. The second-order valence-electron chi connectivity index (χ2n) is 9.35. The molecule has 0 aliphatic carbocycles. The van der Waals surface area contributed by atoms with E-state index in [4.69, 9.17) is 9.72 Å². The monoisotopic (exact) mass is 498 g/mol. The summed E-state index contributed by atoms with van der Waals surface area (Å²) in [5.41, 5.74) is 4.98. The second kappa shape index (κ2) is 12.2. The minimum atomic E-state index is -0.160. The molecule has 3 aromatic carbocycles. The van der Waals surface area contributed by atoms with Gasteiger partial charge in [-0.3, -0.25) is 9.59 Å². The minimum Gasteiger partial charge on any atom is -0.483 e. The zero-order valence-electron chi connectivity index (χ0n) is 21.7. The van der Waals surface area contributed by atoms with Gasteiger partial charge >= 0.3 is 0 Å². The minimum absolute atomic E-state index is 0.0187. The fraction of sp³-hybridized carbons (Fsp3) is 0.300. The SMILES string of the molecule is Cc1ccc(C)c(OCC(=O)NCCCc2nc3ccccc3n2CC(=O)N(C)Cc2ccccc2)c1. The Balaban J connectivity index is 1.32. The molecule has 37 heavy (non-hydrogen) atoms. The molecular formula is C30H34N4O3. The summed E-state index contributed by atoms with van der Waals surface area (Å²) in [5.74, 6) is 1.42. The number of para-hydroxylation sites is 2. The van der Waals surface area contributed by atoms with E-state index in [1.54, 1.807) is 4.90 Å². The Bertz CT molecular complexity index is 1360. The molecular weight excluding hydrogens is 464 g/mol. The lowest BCUT2D eigenvalue weighted by Crippen LogP contribution is -2.31. The molecule has 0 fully saturated rings. The third kappa shape index (κ3) is 6.97. The highest BCUT2D eigenvalue weighted by Gasteiger charge is 2.16. The maximum Gasteiger partial charge on any atom is 0.257 e. The molecule has 1 aromatic heterocycles. The van der Waals surface area contributed by atoms with Gasteiger partial charge in [-0.05, 0) is 55.2 Å². The average Bonchev–Trinajstić information content (AvgIpc) is 3.24. The molecule has 2 amide bonds. The van der Waals surface area contributed by atoms with Crippen molar-refractivity contribution >= 4 is 22.8 Å². The first-order valence-electron chi connectivity index (χ1n) is 12.6. The highest BCUT2D eigenvalue weighted by Crippen LogP contribution is 2.19. The van der Waals surface area contributed by atoms with Gasteiger partial charge < -0.3 is 19.5 Å². The molecule has 0 aliphatic heterocycles. The van der Waals surface area contributed by atoms with Crippen molar-refractivity contribution in [2.75, 3.05) is 20.2 Å². The molecule has 4 aromatic rings. The Morgan fingerprint density at radius 1 is 1.00 bits per heavy atom. The quantitative estimate of drug-likeness (QED) is 0.310. The number of imidazole rings is 1. The Labute approximate surface area is 218 Å². The molecule has 0 radical (unpaired) electrons. The van der Waals surface area contributed by atoms with Crippen LogP contribution >= 0.6 is 0 Å². The van der Waals surface area contributed by atoms with Gasteiger partial charge in [-0.2, -0.15) is 0 Å². The molecule has 192 valence electrons. The van der Waals surface area contributed by atoms with Gasteiger partial charge in [0.05, 0.1) is 11.0 Å². The average molecular weight is 499 g/mol. The number of aromatic nitrogens is 2. The predicted molar refractivity (Wildman–Crippen MR) is 145 cm³/mol. The van der Waals surface area contributed by atoms with E-state index in [0.29, 0.717) is 25.9 Å². The lowest BCUT2D eigenvalue weighted by atomic mass is 10.1. The number of carbonyl (C=O) groups excluding carboxylic acids is 2. The maximum absolute atomic E-state index is 13.1. The number of rotatable bonds is 11. The van der Waals surface area contributed by atoms with Gasteiger partial charge in [-0.25, -0.2) is 4.98 Å². The summed E-state index contributed by atoms with van der Waals surface area (Å²) in [7, 11) is 1.82. The van der Waals surface area contributed by atoms with Crippen molar-refractivity contribution in [1.82, 2.24) is 19.8 Å². The zero-order chi connectivity index (χ0) is 26.2. The standard InChI is InChI=1S/C30H34N4O3/c1-22-15-16-23(2)27(18-22)37-21-29(35)31-17-9-14-28-32-25-12-7-8-13-26(25)34(28)20-30(36)33(3)19-24-10-5-4-6-11-24/h4-8,10-13,15-16,18H,9,14,17,19-21H2,1-3H3,(H,31,35). The smallest absolute Gasteiger partial charge is 0.257 e. The van der Waals surface area contributed by atoms with Crippen LogP contribution in [0, 0.1) is 13.8 Å². The van der Waals surface area contributed by atoms with Crippen LogP contribution in [0.15, 0.2) is 72.8 Å². The van der Waals surface area contributed by atoms with Gasteiger partial charge in [0.2, 0.25) is 5.91 Å². The summed E-state index contributed by atoms with van der Waals surface area (Å²) in [5, 5.41) is 2.92. The van der Waals surface area contributed by atoms with E-state index in [2.05, 4.69) is 5.32 Å². The first-order chi connectivity index (χ1) is 17.9. The highest BCUT2D eigenvalue weighted by molar-refractivity contribution is 5.81. The summed E-state index contributed by atoms with van der Waals surface area (Å²) in [6.45, 7) is 5.20. The summed E-state index contributed by atoms with van der Waals surface area (Å²) >= 11 is 0. The number of amides is 2. The van der Waals surface area contributed by atoms with Gasteiger partial charge in [0, 0.05) is 26.6 Å². The van der Waals surface area contributed by atoms with Crippen LogP contribution in [-0.4, -0.2) is 46.5 Å². The maximum atomic E-state index is 13.1. The number of hydrogen-bond donors (Lipinski definition) is 1. The van der Waals surface area contributed by atoms with Crippen molar-refractivity contribution in [2.24, 2.45) is 0 Å². The lowest BCUT2D eigenvalue weighted by molar-refractivity contribution is -0.131. The van der Waals surface area contributed by atoms with E-state index in [1.807, 2.05) is 98.3 Å². The molecule has 0 saturated heterocycles. The largest absolute Gasteiger partial charge is 0.483 e. The van der Waals surface area contributed by atoms with E-state index in [1.165, 1.54) is 0 Å². The van der Waals surface area contributed by atoms with Crippen molar-refractivity contribution in [1.29, 1.82) is 0 Å². The van der Waals surface area contributed by atoms with E-state index in [0.717, 1.165) is 39.3 Å². The third-order valence-corrected chi connectivity index (χ3v) is 6.32. The Hall–Kier alpha value is -4.13. The number of nitrogens with zero attached hydrogens (tertiary/aromatic N) is 3. The van der Waals surface area contributed by atoms with Crippen LogP contribution < -0.4 is 10.1 Å². The van der Waals surface area contributed by atoms with Crippen LogP contribution in [-0.2, 0) is 29.1 Å². The number of carbonyl (C=O) groups is 2. The highest BCUT2D eigenvalue weighted by atomic mass is 16.5. The normalized spacial score (nSPS) is 10.9. The predicted octanol–water partition coefficient (Wildman–Crippen LogP) is 4.44. The van der Waals surface area contributed by atoms with Crippen LogP contribution in [0.4, 0.5) is 0 Å². The first kappa shape index (κ1) is 25.9. The van der Waals surface area contributed by atoms with Crippen LogP contribution in [0.2, 0.25) is 0 Å². The van der Waals surface area contributed by atoms with Gasteiger partial charge in [-0.15, -0.1) is 0 Å². The molecule has 7 nitrogen and oxygen atoms in total. The topological polar surface area (TPSA) is 76.5 Å². The zero-order valence-corrected chi connectivity index (χ0v) is 21.7. The summed E-state index contributed by atoms with van der Waals surface area (Å²) in [4.78, 5) is 31.9. The molecule has 0 unspecified atom stereocenters. The fourth-order valence-electron chi connectivity index (χ4n) is 4.23. The van der Waals surface area contributed by atoms with Crippen molar-refractivity contribution in [2.45, 2.75) is 39.8 Å². The van der Waals surface area contributed by atoms with E-state index in [9.17, 15) is 9.59 Å². The molecule has 0 aliphatic rings. The molecule has 1 N–H and O–H groups in total. The molecule has 0 atom stereocenters.